The maximum Gasteiger partial charge on any atom is 0.242 e. The maximum atomic E-state index is 14.4. The number of guanidine groups is 2. The first-order valence-corrected chi connectivity index (χ1v) is 21.2. The van der Waals surface area contributed by atoms with Crippen LogP contribution in [0.25, 0.3) is 0 Å². The molecule has 13 N–H and O–H groups in total. The van der Waals surface area contributed by atoms with Crippen LogP contribution in [0, 0.1) is 5.92 Å². The average molecular weight is 842 g/mol. The quantitative estimate of drug-likeness (QED) is 0.00719. The first-order valence-electron chi connectivity index (χ1n) is 19.2. The lowest BCUT2D eigenvalue weighted by Crippen LogP contribution is -2.81. The highest BCUT2D eigenvalue weighted by Crippen LogP contribution is 2.38. The lowest BCUT2D eigenvalue weighted by Gasteiger charge is -2.55. The summed E-state index contributed by atoms with van der Waals surface area (Å²) in [6.45, 7) is 5.94. The van der Waals surface area contributed by atoms with Crippen molar-refractivity contribution < 1.29 is 33.6 Å². The van der Waals surface area contributed by atoms with Crippen molar-refractivity contribution in [3.63, 3.8) is 0 Å². The molecule has 0 spiro atoms. The second-order valence-electron chi connectivity index (χ2n) is 14.7. The van der Waals surface area contributed by atoms with Gasteiger partial charge < -0.3 is 48.1 Å². The number of hydrogen-bond donors (Lipinski definition) is 10. The number of likely N-dealkylation sites (tertiary alicyclic amines) is 1. The fourth-order valence-electron chi connectivity index (χ4n) is 6.81. The highest BCUT2D eigenvalue weighted by Gasteiger charge is 2.65. The third kappa shape index (κ3) is 14.8. The predicted molar refractivity (Wildman–Crippen MR) is 223 cm³/mol. The van der Waals surface area contributed by atoms with E-state index in [9.17, 15) is 33.6 Å². The molecule has 1 unspecified atom stereocenters. The number of thiol groups is 1. The molecule has 0 aromatic carbocycles. The largest absolute Gasteiger partial charge is 0.370 e. The van der Waals surface area contributed by atoms with Crippen molar-refractivity contribution in [2.24, 2.45) is 38.8 Å². The number of nitrogens with one attached hydrogen (secondary N) is 5. The molecule has 57 heavy (non-hydrogen) atoms. The van der Waals surface area contributed by atoms with E-state index in [0.717, 1.165) is 6.29 Å². The fraction of sp³-hybridized carbons (Fsp3) is 0.743. The third-order valence-corrected chi connectivity index (χ3v) is 10.7. The van der Waals surface area contributed by atoms with E-state index in [2.05, 4.69) is 49.5 Å². The zero-order chi connectivity index (χ0) is 42.7. The minimum Gasteiger partial charge on any atom is -0.370 e. The molecule has 0 aliphatic carbocycles. The Hall–Kier alpha value is -3.83. The molecule has 2 rings (SSSR count). The number of nitrogens with two attached hydrogens (primary N) is 4. The van der Waals surface area contributed by atoms with Gasteiger partial charge in [0.25, 0.3) is 0 Å². The van der Waals surface area contributed by atoms with Gasteiger partial charge in [-0.25, -0.2) is 21.3 Å². The number of aldehydes is 2. The molecular weight excluding hydrogens is 779 g/mol. The highest BCUT2D eigenvalue weighted by molar-refractivity contribution is 7.98. The minimum absolute atomic E-state index is 0.00651. The van der Waals surface area contributed by atoms with E-state index >= 15 is 0 Å². The molecule has 7 atom stereocenters. The second-order valence-corrected chi connectivity index (χ2v) is 16.0. The molecule has 0 radical (unpaired) electrons. The number of ketones is 2. The minimum atomic E-state index is -1.80. The van der Waals surface area contributed by atoms with Crippen LogP contribution in [0.5, 0.6) is 0 Å². The van der Waals surface area contributed by atoms with Gasteiger partial charge in [0.1, 0.15) is 30.7 Å². The van der Waals surface area contributed by atoms with Crippen LogP contribution in [-0.2, 0) is 33.6 Å². The molecule has 0 aromatic rings. The number of hydrogen-bond acceptors (Lipinski definition) is 15. The van der Waals surface area contributed by atoms with Crippen molar-refractivity contribution in [2.45, 2.75) is 114 Å². The summed E-state index contributed by atoms with van der Waals surface area (Å²) in [6.07, 6.45) is 6.54. The Bertz CT molecular complexity index is 1450. The number of aliphatic imine (C=N–C) groups is 2. The number of thioether (sulfide) groups is 1. The predicted octanol–water partition coefficient (Wildman–Crippen LogP) is -2.90. The topological polar surface area (TPSA) is 315 Å². The Kier molecular flexibility index (Phi) is 21.5. The number of carbonyl (C=O) groups excluding carboxylic acids is 7. The molecule has 2 heterocycles. The molecule has 0 aromatic heterocycles. The van der Waals surface area contributed by atoms with Crippen LogP contribution in [0.15, 0.2) is 9.98 Å². The Morgan fingerprint density at radius 2 is 1.56 bits per heavy atom. The first kappa shape index (κ1) is 49.3. The van der Waals surface area contributed by atoms with Gasteiger partial charge in [-0.3, -0.25) is 34.0 Å². The van der Waals surface area contributed by atoms with E-state index < -0.39 is 77.6 Å². The first-order chi connectivity index (χ1) is 27.0. The van der Waals surface area contributed by atoms with E-state index in [-0.39, 0.29) is 36.6 Å². The van der Waals surface area contributed by atoms with Gasteiger partial charge in [-0.2, -0.15) is 24.4 Å². The Morgan fingerprint density at radius 1 is 0.965 bits per heavy atom. The van der Waals surface area contributed by atoms with Crippen molar-refractivity contribution in [3.05, 3.63) is 0 Å². The van der Waals surface area contributed by atoms with E-state index in [1.807, 2.05) is 20.1 Å². The third-order valence-electron chi connectivity index (χ3n) is 9.75. The number of Topliss-reactive ketones (excluding diaryl/α,β-unsaturated/α-hetero) is 2. The molecule has 2 aliphatic heterocycles. The molecule has 3 amide bonds. The number of amides is 3. The van der Waals surface area contributed by atoms with Gasteiger partial charge in [-0.1, -0.05) is 13.8 Å². The van der Waals surface area contributed by atoms with E-state index in [0.29, 0.717) is 70.1 Å². The molecule has 2 fully saturated rings. The summed E-state index contributed by atoms with van der Waals surface area (Å²) in [6, 6.07) is -5.00. The van der Waals surface area contributed by atoms with Gasteiger partial charge in [0.05, 0.1) is 24.7 Å². The zero-order valence-corrected chi connectivity index (χ0v) is 35.1. The number of carbonyl (C=O) groups is 7. The van der Waals surface area contributed by atoms with E-state index in [4.69, 9.17) is 22.9 Å². The highest BCUT2D eigenvalue weighted by atomic mass is 32.2. The van der Waals surface area contributed by atoms with Crippen LogP contribution in [-0.4, -0.2) is 149 Å². The molecule has 2 saturated heterocycles. The fourth-order valence-corrected chi connectivity index (χ4v) is 7.61. The monoisotopic (exact) mass is 841 g/mol. The lowest BCUT2D eigenvalue weighted by atomic mass is 9.72. The zero-order valence-electron chi connectivity index (χ0n) is 33.4. The number of rotatable bonds is 28. The summed E-state index contributed by atoms with van der Waals surface area (Å²) in [5.74, 6) is -2.08. The van der Waals surface area contributed by atoms with Gasteiger partial charge in [0.2, 0.25) is 17.7 Å². The average Bonchev–Trinajstić information content (AvgIpc) is 3.64. The lowest BCUT2D eigenvalue weighted by molar-refractivity contribution is -0.176. The normalized spacial score (nSPS) is 21.4. The molecule has 322 valence electrons. The van der Waals surface area contributed by atoms with Crippen LogP contribution in [0.3, 0.4) is 0 Å². The summed E-state index contributed by atoms with van der Waals surface area (Å²) in [4.78, 5) is 101. The van der Waals surface area contributed by atoms with Crippen LogP contribution >= 0.6 is 24.4 Å². The summed E-state index contributed by atoms with van der Waals surface area (Å²) in [5.41, 5.74) is 28.7. The van der Waals surface area contributed by atoms with Crippen LogP contribution < -0.4 is 49.8 Å². The molecule has 0 saturated carbocycles. The molecule has 22 heteroatoms. The van der Waals surface area contributed by atoms with Crippen LogP contribution in [0.2, 0.25) is 0 Å². The van der Waals surface area contributed by atoms with E-state index in [1.165, 1.54) is 23.6 Å². The summed E-state index contributed by atoms with van der Waals surface area (Å²) >= 11 is 5.85. The van der Waals surface area contributed by atoms with Gasteiger partial charge in [0, 0.05) is 25.4 Å². The molecule has 20 nitrogen and oxygen atoms in total. The summed E-state index contributed by atoms with van der Waals surface area (Å²) < 4.78 is 0. The Balaban J connectivity index is 2.19. The SMILES string of the molecule is CSCC[C@H](NN[C@@H](CC(C)C)C(=O)NCC(=O)N[C@@H](C=O)CCCN=C(N)N)C(=O)N1[C@@H](CS)C(=O)C1(C)C(=O)[C@@H]1CCCN1N[C@@H](C=O)CCCN=C(N)N. The van der Waals surface area contributed by atoms with Crippen molar-refractivity contribution in [2.75, 3.05) is 43.9 Å². The van der Waals surface area contributed by atoms with Gasteiger partial charge in [0.15, 0.2) is 29.0 Å². The number of hydrazine groups is 2. The van der Waals surface area contributed by atoms with Crippen LogP contribution in [0.4, 0.5) is 0 Å². The van der Waals surface area contributed by atoms with E-state index in [1.54, 1.807) is 5.01 Å². The summed E-state index contributed by atoms with van der Waals surface area (Å²) in [7, 11) is 0. The molecule has 2 aliphatic rings. The van der Waals surface area contributed by atoms with Crippen molar-refractivity contribution in [3.8, 4) is 0 Å². The Labute approximate surface area is 344 Å². The smallest absolute Gasteiger partial charge is 0.242 e. The van der Waals surface area contributed by atoms with Crippen molar-refractivity contribution in [1.29, 1.82) is 0 Å². The maximum absolute atomic E-state index is 14.4. The second kappa shape index (κ2) is 24.8. The standard InChI is InChI=1S/C35H63N13O7S2/c1-21(2)16-25(31(54)42-17-28(51)43-22(18-49)8-5-12-40-33(36)37)45-44-24(11-15-57-4)32(55)48-27(20-56)30(53)35(48,3)29(52)26-10-7-14-47(26)46-23(19-50)9-6-13-41-34(38)39/h18-19,21-27,44-46,56H,5-17,20H2,1-4H3,(H,42,54)(H,43,51)(H4,36,37,40)(H4,38,39,41)/t22-,23-,24+,25+,26+,27+,35?/m1/s1. The summed E-state index contributed by atoms with van der Waals surface area (Å²) in [5, 5.41) is 6.83. The van der Waals surface area contributed by atoms with Crippen molar-refractivity contribution >= 4 is 78.2 Å². The van der Waals surface area contributed by atoms with Crippen molar-refractivity contribution in [1.82, 2.24) is 36.8 Å². The van der Waals surface area contributed by atoms with Gasteiger partial charge >= 0.3 is 0 Å². The van der Waals surface area contributed by atoms with Crippen LogP contribution in [0.1, 0.15) is 72.1 Å². The molecule has 0 bridgehead atoms. The van der Waals surface area contributed by atoms with Gasteiger partial charge in [-0.05, 0) is 76.2 Å². The molecular formula is C35H63N13O7S2. The number of nitrogens with zero attached hydrogens (tertiary/aromatic N) is 4. The Morgan fingerprint density at radius 3 is 2.11 bits per heavy atom. The van der Waals surface area contributed by atoms with Gasteiger partial charge in [-0.15, -0.1) is 0 Å².